The Balaban J connectivity index is 2.15. The van der Waals surface area contributed by atoms with Gasteiger partial charge in [-0.3, -0.25) is 0 Å². The molecule has 0 amide bonds. The van der Waals surface area contributed by atoms with E-state index >= 15 is 0 Å². The monoisotopic (exact) mass is 226 g/mol. The van der Waals surface area contributed by atoms with E-state index in [9.17, 15) is 13.2 Å². The molecule has 2 rings (SSSR count). The summed E-state index contributed by atoms with van der Waals surface area (Å²) in [6.07, 6.45) is -1.74. The zero-order chi connectivity index (χ0) is 11.6. The minimum atomic E-state index is -4.44. The molecule has 84 valence electrons. The van der Waals surface area contributed by atoms with Crippen LogP contribution in [0.3, 0.4) is 0 Å². The number of rotatable bonds is 2. The molecular weight excluding hydrogens is 217 g/mol. The molecule has 0 saturated carbocycles. The Morgan fingerprint density at radius 3 is 2.31 bits per heavy atom. The van der Waals surface area contributed by atoms with E-state index in [0.717, 1.165) is 11.8 Å². The highest BCUT2D eigenvalue weighted by atomic mass is 19.4. The average Bonchev–Trinajstić information content (AvgIpc) is 2.67. The van der Waals surface area contributed by atoms with E-state index < -0.39 is 6.30 Å². The maximum absolute atomic E-state index is 12.2. The molecule has 0 N–H and O–H groups in total. The first kappa shape index (κ1) is 10.7. The summed E-state index contributed by atoms with van der Waals surface area (Å²) in [5, 5.41) is 3.28. The Bertz CT molecular complexity index is 460. The summed E-state index contributed by atoms with van der Waals surface area (Å²) < 4.78 is 36.7. The Kier molecular flexibility index (Phi) is 2.68. The van der Waals surface area contributed by atoms with Gasteiger partial charge in [-0.25, -0.2) is 0 Å². The molecule has 1 aromatic heterocycles. The van der Waals surface area contributed by atoms with Gasteiger partial charge in [0.2, 0.25) is 0 Å². The predicted octanol–water partition coefficient (Wildman–Crippen LogP) is 2.95. The zero-order valence-corrected chi connectivity index (χ0v) is 8.28. The van der Waals surface area contributed by atoms with E-state index in [4.69, 9.17) is 0 Å². The van der Waals surface area contributed by atoms with E-state index in [0.29, 0.717) is 12.0 Å². The van der Waals surface area contributed by atoms with Crippen molar-refractivity contribution in [3.8, 4) is 0 Å². The number of benzene rings is 1. The van der Waals surface area contributed by atoms with Crippen LogP contribution in [0.1, 0.15) is 11.1 Å². The summed E-state index contributed by atoms with van der Waals surface area (Å²) in [7, 11) is 0. The summed E-state index contributed by atoms with van der Waals surface area (Å²) in [5.41, 5.74) is 1.51. The molecule has 1 heterocycles. The molecule has 0 bridgehead atoms. The summed E-state index contributed by atoms with van der Waals surface area (Å²) in [6, 6.07) is 9.30. The van der Waals surface area contributed by atoms with Gasteiger partial charge in [-0.15, -0.1) is 13.2 Å². The normalized spacial score (nSPS) is 11.7. The van der Waals surface area contributed by atoms with Gasteiger partial charge in [0, 0.05) is 12.6 Å². The number of hydrogen-bond acceptors (Lipinski definition) is 1. The number of alkyl halides is 3. The topological polar surface area (TPSA) is 17.8 Å². The summed E-state index contributed by atoms with van der Waals surface area (Å²) >= 11 is 0. The van der Waals surface area contributed by atoms with Crippen molar-refractivity contribution in [3.05, 3.63) is 53.9 Å². The van der Waals surface area contributed by atoms with E-state index in [1.165, 1.54) is 6.20 Å². The molecule has 0 radical (unpaired) electrons. The van der Waals surface area contributed by atoms with Gasteiger partial charge in [0.15, 0.2) is 0 Å². The quantitative estimate of drug-likeness (QED) is 0.769. The van der Waals surface area contributed by atoms with Gasteiger partial charge >= 0.3 is 6.30 Å². The molecule has 0 atom stereocenters. The molecule has 16 heavy (non-hydrogen) atoms. The third kappa shape index (κ3) is 2.42. The standard InChI is InChI=1S/C11H9F3N2/c12-11(13,14)16-8-10(7-15-16)6-9-4-2-1-3-5-9/h1-5,7-8H,6H2. The highest BCUT2D eigenvalue weighted by molar-refractivity contribution is 5.22. The second-order valence-electron chi connectivity index (χ2n) is 3.42. The lowest BCUT2D eigenvalue weighted by Gasteiger charge is -2.04. The second-order valence-corrected chi connectivity index (χ2v) is 3.42. The van der Waals surface area contributed by atoms with Crippen LogP contribution in [-0.4, -0.2) is 9.78 Å². The molecule has 2 aromatic rings. The highest BCUT2D eigenvalue weighted by Crippen LogP contribution is 2.21. The van der Waals surface area contributed by atoms with E-state index in [1.807, 2.05) is 30.3 Å². The Labute approximate surface area is 90.3 Å². The molecule has 0 saturated heterocycles. The minimum absolute atomic E-state index is 0.0191. The van der Waals surface area contributed by atoms with E-state index in [-0.39, 0.29) is 4.68 Å². The summed E-state index contributed by atoms with van der Waals surface area (Å²) in [5.74, 6) is 0. The van der Waals surface area contributed by atoms with Gasteiger partial charge in [0.25, 0.3) is 0 Å². The third-order valence-corrected chi connectivity index (χ3v) is 2.15. The van der Waals surface area contributed by atoms with Crippen molar-refractivity contribution in [2.45, 2.75) is 12.7 Å². The minimum Gasteiger partial charge on any atom is -0.179 e. The number of nitrogens with zero attached hydrogens (tertiary/aromatic N) is 2. The van der Waals surface area contributed by atoms with Crippen molar-refractivity contribution < 1.29 is 13.2 Å². The van der Waals surface area contributed by atoms with Crippen LogP contribution in [0.5, 0.6) is 0 Å². The fourth-order valence-electron chi connectivity index (χ4n) is 1.42. The van der Waals surface area contributed by atoms with Crippen LogP contribution in [0.15, 0.2) is 42.7 Å². The van der Waals surface area contributed by atoms with Crippen LogP contribution < -0.4 is 0 Å². The van der Waals surface area contributed by atoms with Crippen molar-refractivity contribution in [2.24, 2.45) is 0 Å². The number of aromatic nitrogens is 2. The smallest absolute Gasteiger partial charge is 0.179 e. The van der Waals surface area contributed by atoms with Gasteiger partial charge in [-0.2, -0.15) is 9.78 Å². The predicted molar refractivity (Wildman–Crippen MR) is 52.8 cm³/mol. The SMILES string of the molecule is FC(F)(F)n1cc(Cc2ccccc2)cn1. The molecule has 2 nitrogen and oxygen atoms in total. The van der Waals surface area contributed by atoms with Crippen molar-refractivity contribution in [3.63, 3.8) is 0 Å². The van der Waals surface area contributed by atoms with Gasteiger partial charge in [0.1, 0.15) is 0 Å². The lowest BCUT2D eigenvalue weighted by molar-refractivity contribution is -0.212. The highest BCUT2D eigenvalue weighted by Gasteiger charge is 2.31. The lowest BCUT2D eigenvalue weighted by atomic mass is 10.1. The maximum atomic E-state index is 12.2. The van der Waals surface area contributed by atoms with Crippen LogP contribution in [0.25, 0.3) is 0 Å². The van der Waals surface area contributed by atoms with E-state index in [1.54, 1.807) is 0 Å². The van der Waals surface area contributed by atoms with Crippen LogP contribution in [0.4, 0.5) is 13.2 Å². The second kappa shape index (κ2) is 4.00. The Morgan fingerprint density at radius 1 is 1.06 bits per heavy atom. The van der Waals surface area contributed by atoms with E-state index in [2.05, 4.69) is 5.10 Å². The van der Waals surface area contributed by atoms with Crippen LogP contribution in [0.2, 0.25) is 0 Å². The molecule has 0 spiro atoms. The number of halogens is 3. The van der Waals surface area contributed by atoms with Crippen molar-refractivity contribution in [1.82, 2.24) is 9.78 Å². The fourth-order valence-corrected chi connectivity index (χ4v) is 1.42. The zero-order valence-electron chi connectivity index (χ0n) is 8.28. The van der Waals surface area contributed by atoms with Gasteiger partial charge in [-0.05, 0) is 11.1 Å². The summed E-state index contributed by atoms with van der Waals surface area (Å²) in [6.45, 7) is 0. The van der Waals surface area contributed by atoms with Gasteiger partial charge in [0.05, 0.1) is 6.20 Å². The molecule has 0 aliphatic carbocycles. The number of hydrogen-bond donors (Lipinski definition) is 0. The van der Waals surface area contributed by atoms with Crippen LogP contribution in [-0.2, 0) is 12.7 Å². The fraction of sp³-hybridized carbons (Fsp3) is 0.182. The third-order valence-electron chi connectivity index (χ3n) is 2.15. The lowest BCUT2D eigenvalue weighted by Crippen LogP contribution is -2.16. The molecular formula is C11H9F3N2. The molecule has 0 fully saturated rings. The molecule has 1 aromatic carbocycles. The maximum Gasteiger partial charge on any atom is 0.504 e. The summed E-state index contributed by atoms with van der Waals surface area (Å²) in [4.78, 5) is 0. The average molecular weight is 226 g/mol. The molecule has 5 heteroatoms. The first-order valence-electron chi connectivity index (χ1n) is 4.70. The van der Waals surface area contributed by atoms with Gasteiger partial charge in [-0.1, -0.05) is 30.3 Å². The van der Waals surface area contributed by atoms with Gasteiger partial charge < -0.3 is 0 Å². The van der Waals surface area contributed by atoms with Crippen LogP contribution >= 0.6 is 0 Å². The first-order chi connectivity index (χ1) is 7.55. The van der Waals surface area contributed by atoms with Crippen LogP contribution in [0, 0.1) is 0 Å². The largest absolute Gasteiger partial charge is 0.504 e. The van der Waals surface area contributed by atoms with Crippen molar-refractivity contribution in [2.75, 3.05) is 0 Å². The van der Waals surface area contributed by atoms with Crippen molar-refractivity contribution in [1.29, 1.82) is 0 Å². The molecule has 0 aliphatic rings. The first-order valence-corrected chi connectivity index (χ1v) is 4.70. The van der Waals surface area contributed by atoms with Crippen molar-refractivity contribution >= 4 is 0 Å². The Morgan fingerprint density at radius 2 is 1.75 bits per heavy atom. The Hall–Kier alpha value is -1.78. The molecule has 0 aliphatic heterocycles. The molecule has 0 unspecified atom stereocenters.